The molecule has 4 aromatic rings. The topological polar surface area (TPSA) is 70.7 Å². The number of imidazole rings is 1. The number of amides is 1. The number of hydrogen-bond acceptors (Lipinski definition) is 4. The van der Waals surface area contributed by atoms with E-state index in [1.807, 2.05) is 54.8 Å². The van der Waals surface area contributed by atoms with E-state index in [4.69, 9.17) is 0 Å². The summed E-state index contributed by atoms with van der Waals surface area (Å²) in [6.07, 6.45) is 3.25. The molecule has 2 aromatic carbocycles. The summed E-state index contributed by atoms with van der Waals surface area (Å²) in [5, 5.41) is 5.22. The van der Waals surface area contributed by atoms with Gasteiger partial charge in [-0.2, -0.15) is 0 Å². The summed E-state index contributed by atoms with van der Waals surface area (Å²) in [6, 6.07) is 18.3. The van der Waals surface area contributed by atoms with Crippen LogP contribution < -0.4 is 5.32 Å². The molecule has 0 unspecified atom stereocenters. The van der Waals surface area contributed by atoms with E-state index >= 15 is 0 Å². The van der Waals surface area contributed by atoms with Gasteiger partial charge in [0.05, 0.1) is 5.69 Å². The van der Waals surface area contributed by atoms with Crippen molar-refractivity contribution in [3.05, 3.63) is 88.8 Å². The number of aromatic amines is 1. The zero-order chi connectivity index (χ0) is 19.3. The number of thiazole rings is 1. The van der Waals surface area contributed by atoms with Gasteiger partial charge in [-0.05, 0) is 18.9 Å². The molecule has 0 aliphatic carbocycles. The van der Waals surface area contributed by atoms with Gasteiger partial charge < -0.3 is 4.98 Å². The second-order valence-electron chi connectivity index (χ2n) is 6.55. The summed E-state index contributed by atoms with van der Waals surface area (Å²) in [7, 11) is 0. The molecule has 0 aliphatic rings. The Morgan fingerprint density at radius 1 is 1.07 bits per heavy atom. The molecule has 2 aromatic heterocycles. The molecule has 5 nitrogen and oxygen atoms in total. The van der Waals surface area contributed by atoms with Crippen LogP contribution in [0.2, 0.25) is 0 Å². The van der Waals surface area contributed by atoms with Crippen molar-refractivity contribution >= 4 is 22.4 Å². The largest absolute Gasteiger partial charge is 0.341 e. The number of carbonyl (C=O) groups excluding carboxylic acids is 1. The van der Waals surface area contributed by atoms with E-state index in [0.29, 0.717) is 10.8 Å². The van der Waals surface area contributed by atoms with Crippen LogP contribution in [0.15, 0.2) is 66.2 Å². The molecule has 0 fully saturated rings. The lowest BCUT2D eigenvalue weighted by Gasteiger charge is -2.03. The molecule has 6 heteroatoms. The maximum Gasteiger partial charge on any atom is 0.278 e. The molecule has 2 N–H and O–H groups in total. The Morgan fingerprint density at radius 2 is 1.86 bits per heavy atom. The summed E-state index contributed by atoms with van der Waals surface area (Å²) in [6.45, 7) is 2.04. The molecule has 0 radical (unpaired) electrons. The Kier molecular flexibility index (Phi) is 5.30. The zero-order valence-corrected chi connectivity index (χ0v) is 16.3. The van der Waals surface area contributed by atoms with Crippen LogP contribution in [0.3, 0.4) is 0 Å². The van der Waals surface area contributed by atoms with E-state index in [2.05, 4.69) is 32.4 Å². The normalized spacial score (nSPS) is 10.8. The molecule has 0 saturated carbocycles. The SMILES string of the molecule is Cc1ccc(-c2[nH]c(CCc3ccccc3)nc2C(=O)Nc2nccs2)cc1. The molecule has 4 rings (SSSR count). The first kappa shape index (κ1) is 18.1. The van der Waals surface area contributed by atoms with Crippen LogP contribution in [0.25, 0.3) is 11.3 Å². The van der Waals surface area contributed by atoms with Crippen LogP contribution >= 0.6 is 11.3 Å². The van der Waals surface area contributed by atoms with E-state index < -0.39 is 0 Å². The quantitative estimate of drug-likeness (QED) is 0.495. The monoisotopic (exact) mass is 388 g/mol. The number of aromatic nitrogens is 3. The van der Waals surface area contributed by atoms with Crippen LogP contribution in [-0.2, 0) is 12.8 Å². The highest BCUT2D eigenvalue weighted by atomic mass is 32.1. The number of nitrogens with one attached hydrogen (secondary N) is 2. The highest BCUT2D eigenvalue weighted by Crippen LogP contribution is 2.24. The maximum absolute atomic E-state index is 12.8. The van der Waals surface area contributed by atoms with Crippen molar-refractivity contribution in [2.75, 3.05) is 5.32 Å². The van der Waals surface area contributed by atoms with Crippen molar-refractivity contribution in [3.63, 3.8) is 0 Å². The van der Waals surface area contributed by atoms with Crippen LogP contribution in [-0.4, -0.2) is 20.9 Å². The van der Waals surface area contributed by atoms with Crippen LogP contribution in [0.4, 0.5) is 5.13 Å². The molecule has 28 heavy (non-hydrogen) atoms. The maximum atomic E-state index is 12.8. The molecule has 0 bridgehead atoms. The summed E-state index contributed by atoms with van der Waals surface area (Å²) >= 11 is 1.38. The van der Waals surface area contributed by atoms with E-state index in [-0.39, 0.29) is 5.91 Å². The van der Waals surface area contributed by atoms with Gasteiger partial charge in [-0.25, -0.2) is 9.97 Å². The molecule has 0 atom stereocenters. The van der Waals surface area contributed by atoms with Crippen molar-refractivity contribution in [3.8, 4) is 11.3 Å². The van der Waals surface area contributed by atoms with E-state index in [1.54, 1.807) is 6.20 Å². The third-order valence-corrected chi connectivity index (χ3v) is 5.14. The Balaban J connectivity index is 1.63. The van der Waals surface area contributed by atoms with Crippen molar-refractivity contribution in [2.45, 2.75) is 19.8 Å². The van der Waals surface area contributed by atoms with Gasteiger partial charge in [0.2, 0.25) is 0 Å². The fourth-order valence-electron chi connectivity index (χ4n) is 2.98. The van der Waals surface area contributed by atoms with Gasteiger partial charge in [-0.3, -0.25) is 10.1 Å². The average Bonchev–Trinajstić information content (AvgIpc) is 3.38. The third kappa shape index (κ3) is 4.18. The Morgan fingerprint density at radius 3 is 2.57 bits per heavy atom. The number of nitrogens with zero attached hydrogens (tertiary/aromatic N) is 2. The van der Waals surface area contributed by atoms with E-state index in [1.165, 1.54) is 22.5 Å². The fraction of sp³-hybridized carbons (Fsp3) is 0.136. The Bertz CT molecular complexity index is 1050. The average molecular weight is 388 g/mol. The van der Waals surface area contributed by atoms with Gasteiger partial charge >= 0.3 is 0 Å². The number of benzene rings is 2. The van der Waals surface area contributed by atoms with Crippen LogP contribution in [0.5, 0.6) is 0 Å². The van der Waals surface area contributed by atoms with Crippen molar-refractivity contribution < 1.29 is 4.79 Å². The molecule has 1 amide bonds. The number of carbonyl (C=O) groups is 1. The van der Waals surface area contributed by atoms with Crippen LogP contribution in [0, 0.1) is 6.92 Å². The summed E-state index contributed by atoms with van der Waals surface area (Å²) < 4.78 is 0. The second-order valence-corrected chi connectivity index (χ2v) is 7.44. The molecule has 0 spiro atoms. The summed E-state index contributed by atoms with van der Waals surface area (Å²) in [4.78, 5) is 24.9. The van der Waals surface area contributed by atoms with Gasteiger partial charge in [-0.1, -0.05) is 60.2 Å². The lowest BCUT2D eigenvalue weighted by atomic mass is 10.1. The molecular weight excluding hydrogens is 368 g/mol. The summed E-state index contributed by atoms with van der Waals surface area (Å²) in [5.41, 5.74) is 4.47. The van der Waals surface area contributed by atoms with E-state index in [0.717, 1.165) is 29.9 Å². The van der Waals surface area contributed by atoms with Crippen LogP contribution in [0.1, 0.15) is 27.4 Å². The standard InChI is InChI=1S/C22H20N4OS/c1-15-7-10-17(11-8-15)19-20(21(27)26-22-23-13-14-28-22)25-18(24-19)12-9-16-5-3-2-4-6-16/h2-8,10-11,13-14H,9,12H2,1H3,(H,24,25)(H,23,26,27). The highest BCUT2D eigenvalue weighted by molar-refractivity contribution is 7.13. The Hall–Kier alpha value is -3.25. The number of anilines is 1. The zero-order valence-electron chi connectivity index (χ0n) is 15.5. The van der Waals surface area contributed by atoms with E-state index in [9.17, 15) is 4.79 Å². The molecule has 0 saturated heterocycles. The minimum absolute atomic E-state index is 0.257. The molecular formula is C22H20N4OS. The van der Waals surface area contributed by atoms with Gasteiger partial charge in [0, 0.05) is 23.6 Å². The van der Waals surface area contributed by atoms with Crippen molar-refractivity contribution in [1.82, 2.24) is 15.0 Å². The first-order chi connectivity index (χ1) is 13.7. The smallest absolute Gasteiger partial charge is 0.278 e. The molecule has 2 heterocycles. The molecule has 0 aliphatic heterocycles. The third-order valence-electron chi connectivity index (χ3n) is 4.45. The summed E-state index contributed by atoms with van der Waals surface area (Å²) in [5.74, 6) is 0.538. The fourth-order valence-corrected chi connectivity index (χ4v) is 3.51. The van der Waals surface area contributed by atoms with Gasteiger partial charge in [0.1, 0.15) is 5.82 Å². The minimum atomic E-state index is -0.257. The van der Waals surface area contributed by atoms with Gasteiger partial charge in [-0.15, -0.1) is 11.3 Å². The lowest BCUT2D eigenvalue weighted by molar-refractivity contribution is 0.102. The van der Waals surface area contributed by atoms with Crippen molar-refractivity contribution in [2.24, 2.45) is 0 Å². The minimum Gasteiger partial charge on any atom is -0.341 e. The second kappa shape index (κ2) is 8.19. The number of H-pyrrole nitrogens is 1. The number of hydrogen-bond donors (Lipinski definition) is 2. The number of rotatable bonds is 6. The highest BCUT2D eigenvalue weighted by Gasteiger charge is 2.19. The lowest BCUT2D eigenvalue weighted by Crippen LogP contribution is -2.13. The first-order valence-electron chi connectivity index (χ1n) is 9.10. The first-order valence-corrected chi connectivity index (χ1v) is 9.98. The predicted octanol–water partition coefficient (Wildman–Crippen LogP) is 4.88. The predicted molar refractivity (Wildman–Crippen MR) is 113 cm³/mol. The Labute approximate surface area is 167 Å². The van der Waals surface area contributed by atoms with Gasteiger partial charge in [0.25, 0.3) is 5.91 Å². The van der Waals surface area contributed by atoms with Gasteiger partial charge in [0.15, 0.2) is 10.8 Å². The number of aryl methyl sites for hydroxylation is 3. The van der Waals surface area contributed by atoms with Crippen molar-refractivity contribution in [1.29, 1.82) is 0 Å². The molecule has 140 valence electrons.